The number of hydrogen-bond acceptors (Lipinski definition) is 0. The first-order valence-corrected chi connectivity index (χ1v) is 35.3. The van der Waals surface area contributed by atoms with Gasteiger partial charge in [-0.3, -0.25) is 0 Å². The van der Waals surface area contributed by atoms with Gasteiger partial charge in [0.05, 0.1) is 0 Å². The summed E-state index contributed by atoms with van der Waals surface area (Å²) >= 11 is 0. The molecule has 4 aliphatic rings. The fourth-order valence-electron chi connectivity index (χ4n) is 13.9. The number of rotatable bonds is 0. The van der Waals surface area contributed by atoms with Crippen molar-refractivity contribution in [2.24, 2.45) is 0 Å². The van der Waals surface area contributed by atoms with Crippen molar-refractivity contribution in [2.75, 3.05) is 0 Å². The molecule has 16 rings (SSSR count). The van der Waals surface area contributed by atoms with Gasteiger partial charge in [-0.25, -0.2) is 0 Å². The summed E-state index contributed by atoms with van der Waals surface area (Å²) in [5, 5.41) is 10.8. The van der Waals surface area contributed by atoms with Crippen LogP contribution in [-0.2, 0) is 21.7 Å². The highest BCUT2D eigenvalue weighted by atomic mass is 14.4. The van der Waals surface area contributed by atoms with Gasteiger partial charge in [0.15, 0.2) is 0 Å². The number of hydrogen-bond donors (Lipinski definition) is 0. The van der Waals surface area contributed by atoms with Crippen molar-refractivity contribution in [2.45, 2.75) is 188 Å². The zero-order valence-electron chi connectivity index (χ0n) is 61.1. The van der Waals surface area contributed by atoms with Crippen molar-refractivity contribution in [1.82, 2.24) is 0 Å². The first-order chi connectivity index (χ1) is 44.8. The Labute approximate surface area is 559 Å². The van der Waals surface area contributed by atoms with E-state index >= 15 is 0 Å². The highest BCUT2D eigenvalue weighted by Crippen LogP contribution is 2.55. The lowest BCUT2D eigenvalue weighted by atomic mass is 9.82. The average molecular weight is 1220 g/mol. The highest BCUT2D eigenvalue weighted by molar-refractivity contribution is 6.11. The molecule has 0 bridgehead atoms. The molecule has 0 saturated heterocycles. The molecule has 12 aromatic carbocycles. The summed E-state index contributed by atoms with van der Waals surface area (Å²) in [7, 11) is 0. The molecule has 4 aliphatic carbocycles. The van der Waals surface area contributed by atoms with Gasteiger partial charge in [0.1, 0.15) is 0 Å². The van der Waals surface area contributed by atoms with Crippen LogP contribution < -0.4 is 0 Å². The Balaban J connectivity index is 0.000000209. The lowest BCUT2D eigenvalue weighted by Crippen LogP contribution is -2.14. The average Bonchev–Trinajstić information content (AvgIpc) is 1.58. The van der Waals surface area contributed by atoms with Gasteiger partial charge in [-0.1, -0.05) is 409 Å². The minimum Gasteiger partial charge on any atom is -0.0683 e. The standard InChI is InChI=1S/C23H18.2C19H16.C15H14.8C2H6/c1-23(2)19-13-11-15-7-3-5-9-17(15)21(19)22-18-10-6-4-8-16(18)12-14-20(22)23;2*1-19(2)16-10-6-5-9-15(16)18-14-8-4-3-7-13(14)11-12-17(18)19;1-15(2)13-9-5-3-7-11(13)12-8-4-6-10-14(12)15;8*1-2/h3-14H,1-2H3;2*3-12H,1-2H3;3-10H,1-2H3;8*1-2H3. The van der Waals surface area contributed by atoms with Crippen LogP contribution in [0.5, 0.6) is 0 Å². The Morgan fingerprint density at radius 3 is 0.598 bits per heavy atom. The third-order valence-electron chi connectivity index (χ3n) is 17.9. The third kappa shape index (κ3) is 13.9. The minimum atomic E-state index is 0.0543. The molecule has 0 amide bonds. The molecule has 92 heavy (non-hydrogen) atoms. The van der Waals surface area contributed by atoms with Crippen LogP contribution in [-0.4, -0.2) is 0 Å². The van der Waals surface area contributed by atoms with E-state index in [-0.39, 0.29) is 21.7 Å². The van der Waals surface area contributed by atoms with Crippen LogP contribution in [0, 0.1) is 0 Å². The molecule has 0 saturated carbocycles. The van der Waals surface area contributed by atoms with Crippen molar-refractivity contribution in [3.63, 3.8) is 0 Å². The van der Waals surface area contributed by atoms with Crippen molar-refractivity contribution in [1.29, 1.82) is 0 Å². The van der Waals surface area contributed by atoms with Crippen LogP contribution in [0.2, 0.25) is 0 Å². The summed E-state index contributed by atoms with van der Waals surface area (Å²) in [6, 6.07) is 88.3. The minimum absolute atomic E-state index is 0.0543. The van der Waals surface area contributed by atoms with Crippen LogP contribution in [0.25, 0.3) is 87.6 Å². The summed E-state index contributed by atoms with van der Waals surface area (Å²) < 4.78 is 0. The fraction of sp³-hybridized carbons (Fsp3) is 0.304. The van der Waals surface area contributed by atoms with E-state index in [9.17, 15) is 0 Å². The van der Waals surface area contributed by atoms with E-state index in [4.69, 9.17) is 0 Å². The quantitative estimate of drug-likeness (QED) is 0.142. The zero-order chi connectivity index (χ0) is 68.1. The van der Waals surface area contributed by atoms with Gasteiger partial charge in [0.2, 0.25) is 0 Å². The van der Waals surface area contributed by atoms with Crippen LogP contribution >= 0.6 is 0 Å². The summed E-state index contributed by atoms with van der Waals surface area (Å²) in [6.07, 6.45) is 0. The van der Waals surface area contributed by atoms with E-state index < -0.39 is 0 Å². The Kier molecular flexibility index (Phi) is 27.4. The Morgan fingerprint density at radius 1 is 0.152 bits per heavy atom. The molecule has 0 radical (unpaired) electrons. The molecular weight excluding hydrogens is 1110 g/mol. The smallest absolute Gasteiger partial charge is 0.0159 e. The normalized spacial score (nSPS) is 13.1. The predicted octanol–water partition coefficient (Wildman–Crippen LogP) is 28.8. The second-order valence-electron chi connectivity index (χ2n) is 23.5. The van der Waals surface area contributed by atoms with Gasteiger partial charge < -0.3 is 0 Å². The molecule has 0 aromatic heterocycles. The first kappa shape index (κ1) is 74.4. The lowest BCUT2D eigenvalue weighted by molar-refractivity contribution is 0.660. The van der Waals surface area contributed by atoms with Crippen LogP contribution in [0.3, 0.4) is 0 Å². The molecule has 0 heteroatoms. The Hall–Kier alpha value is -8.32. The van der Waals surface area contributed by atoms with E-state index in [0.717, 1.165) is 0 Å². The fourth-order valence-corrected chi connectivity index (χ4v) is 13.9. The summed E-state index contributed by atoms with van der Waals surface area (Å²) in [4.78, 5) is 0. The Bertz CT molecular complexity index is 4010. The third-order valence-corrected chi connectivity index (χ3v) is 17.9. The van der Waals surface area contributed by atoms with E-state index in [2.05, 4.69) is 298 Å². The number of benzene rings is 12. The molecule has 0 nitrogen and oxygen atoms in total. The van der Waals surface area contributed by atoms with E-state index in [0.29, 0.717) is 0 Å². The molecular formula is C92H112. The largest absolute Gasteiger partial charge is 0.0683 e. The van der Waals surface area contributed by atoms with Crippen LogP contribution in [0.15, 0.2) is 243 Å². The van der Waals surface area contributed by atoms with Crippen molar-refractivity contribution in [3.05, 3.63) is 287 Å². The van der Waals surface area contributed by atoms with Crippen LogP contribution in [0.1, 0.15) is 211 Å². The van der Waals surface area contributed by atoms with Gasteiger partial charge in [0, 0.05) is 21.7 Å². The van der Waals surface area contributed by atoms with Gasteiger partial charge in [-0.05, 0) is 132 Å². The maximum Gasteiger partial charge on any atom is 0.0159 e. The van der Waals surface area contributed by atoms with Crippen molar-refractivity contribution < 1.29 is 0 Å². The molecule has 0 atom stereocenters. The zero-order valence-corrected chi connectivity index (χ0v) is 61.1. The molecule has 0 aliphatic heterocycles. The monoisotopic (exact) mass is 1220 g/mol. The Morgan fingerprint density at radius 2 is 0.326 bits per heavy atom. The maximum absolute atomic E-state index is 2.35. The number of fused-ring (bicyclic) bond motifs is 20. The topological polar surface area (TPSA) is 0 Å². The molecule has 0 unspecified atom stereocenters. The van der Waals surface area contributed by atoms with Crippen molar-refractivity contribution in [3.8, 4) is 44.5 Å². The SMILES string of the molecule is CC.CC.CC.CC.CC.CC.CC.CC.CC1(C)c2ccc3ccccc3c2-c2c1ccc1ccccc21.CC1(C)c2ccccc2-c2c1ccc1ccccc21.CC1(C)c2ccccc2-c2c1ccc1ccccc21.CC1(C)c2ccccc2-c2ccccc21. The first-order valence-electron chi connectivity index (χ1n) is 35.3. The predicted molar refractivity (Wildman–Crippen MR) is 417 cm³/mol. The summed E-state index contributed by atoms with van der Waals surface area (Å²) in [5.41, 5.74) is 23.3. The molecule has 0 heterocycles. The molecule has 0 spiro atoms. The van der Waals surface area contributed by atoms with E-state index in [1.165, 1.54) is 132 Å². The molecule has 12 aromatic rings. The second kappa shape index (κ2) is 33.8. The molecule has 480 valence electrons. The van der Waals surface area contributed by atoms with Gasteiger partial charge >= 0.3 is 0 Å². The maximum atomic E-state index is 2.35. The lowest BCUT2D eigenvalue weighted by Gasteiger charge is -2.21. The van der Waals surface area contributed by atoms with Crippen LogP contribution in [0.4, 0.5) is 0 Å². The molecule has 0 fully saturated rings. The second-order valence-corrected chi connectivity index (χ2v) is 23.5. The highest BCUT2D eigenvalue weighted by Gasteiger charge is 2.39. The van der Waals surface area contributed by atoms with E-state index in [1.807, 2.05) is 111 Å². The van der Waals surface area contributed by atoms with Crippen molar-refractivity contribution >= 4 is 43.1 Å². The summed E-state index contributed by atoms with van der Waals surface area (Å²) in [6.45, 7) is 50.6. The van der Waals surface area contributed by atoms with Gasteiger partial charge in [-0.2, -0.15) is 0 Å². The molecule has 0 N–H and O–H groups in total. The van der Waals surface area contributed by atoms with E-state index in [1.54, 1.807) is 0 Å². The van der Waals surface area contributed by atoms with Gasteiger partial charge in [-0.15, -0.1) is 0 Å². The van der Waals surface area contributed by atoms with Gasteiger partial charge in [0.25, 0.3) is 0 Å². The summed E-state index contributed by atoms with van der Waals surface area (Å²) in [5.74, 6) is 0.